The highest BCUT2D eigenvalue weighted by molar-refractivity contribution is 7.86. The Hall–Kier alpha value is -0.490. The van der Waals surface area contributed by atoms with E-state index in [2.05, 4.69) is 11.1 Å². The molecule has 0 amide bonds. The molecular formula is C10H18F2O3S. The fourth-order valence-electron chi connectivity index (χ4n) is 1.14. The minimum atomic E-state index is -4.13. The first-order chi connectivity index (χ1) is 7.27. The van der Waals surface area contributed by atoms with Gasteiger partial charge in [-0.1, -0.05) is 32.3 Å². The first kappa shape index (κ1) is 15.5. The number of unbranched alkanes of at least 4 members (excludes halogenated alkanes) is 4. The molecule has 16 heavy (non-hydrogen) atoms. The van der Waals surface area contributed by atoms with Crippen molar-refractivity contribution in [2.45, 2.75) is 45.1 Å². The monoisotopic (exact) mass is 256 g/mol. The number of hydrogen-bond donors (Lipinski definition) is 0. The Labute approximate surface area is 95.6 Å². The molecule has 0 aliphatic rings. The molecule has 0 saturated heterocycles. The van der Waals surface area contributed by atoms with Crippen molar-refractivity contribution in [3.63, 3.8) is 0 Å². The van der Waals surface area contributed by atoms with E-state index in [1.165, 1.54) is 6.08 Å². The van der Waals surface area contributed by atoms with Gasteiger partial charge in [0.2, 0.25) is 0 Å². The number of alkyl halides is 2. The summed E-state index contributed by atoms with van der Waals surface area (Å²) in [6.45, 7) is 2.06. The summed E-state index contributed by atoms with van der Waals surface area (Å²) >= 11 is 0. The number of rotatable bonds is 8. The molecule has 0 saturated carbocycles. The van der Waals surface area contributed by atoms with E-state index in [1.807, 2.05) is 0 Å². The molecule has 0 heterocycles. The second kappa shape index (κ2) is 6.96. The Balaban J connectivity index is 3.92. The zero-order chi connectivity index (χ0) is 12.7. The van der Waals surface area contributed by atoms with Crippen LogP contribution in [0.4, 0.5) is 8.78 Å². The van der Waals surface area contributed by atoms with E-state index in [1.54, 1.807) is 0 Å². The summed E-state index contributed by atoms with van der Waals surface area (Å²) in [6, 6.07) is 0. The molecule has 0 radical (unpaired) electrons. The van der Waals surface area contributed by atoms with E-state index in [9.17, 15) is 17.2 Å². The zero-order valence-electron chi connectivity index (χ0n) is 9.58. The van der Waals surface area contributed by atoms with Crippen molar-refractivity contribution in [1.29, 1.82) is 0 Å². The molecule has 96 valence electrons. The van der Waals surface area contributed by atoms with Crippen LogP contribution < -0.4 is 0 Å². The topological polar surface area (TPSA) is 43.4 Å². The fourth-order valence-corrected chi connectivity index (χ4v) is 1.60. The van der Waals surface area contributed by atoms with Crippen LogP contribution in [0.5, 0.6) is 0 Å². The molecule has 0 aromatic rings. The van der Waals surface area contributed by atoms with Crippen LogP contribution in [0.1, 0.15) is 39.0 Å². The van der Waals surface area contributed by atoms with Crippen LogP contribution in [0.2, 0.25) is 0 Å². The first-order valence-electron chi connectivity index (χ1n) is 5.23. The Morgan fingerprint density at radius 1 is 1.25 bits per heavy atom. The van der Waals surface area contributed by atoms with E-state index >= 15 is 0 Å². The van der Waals surface area contributed by atoms with Crippen LogP contribution in [0.3, 0.4) is 0 Å². The molecule has 0 unspecified atom stereocenters. The van der Waals surface area contributed by atoms with E-state index in [0.717, 1.165) is 25.7 Å². The molecule has 0 aromatic heterocycles. The SMILES string of the molecule is CCCCCC/C=C/C(F)(F)OS(C)(=O)=O. The minimum Gasteiger partial charge on any atom is -0.200 e. The second-order valence-electron chi connectivity index (χ2n) is 3.60. The van der Waals surface area contributed by atoms with Crippen molar-refractivity contribution >= 4 is 10.1 Å². The highest BCUT2D eigenvalue weighted by atomic mass is 32.2. The van der Waals surface area contributed by atoms with Gasteiger partial charge in [0.25, 0.3) is 10.1 Å². The Morgan fingerprint density at radius 2 is 1.88 bits per heavy atom. The molecule has 0 rings (SSSR count). The minimum absolute atomic E-state index is 0.486. The summed E-state index contributed by atoms with van der Waals surface area (Å²) in [7, 11) is -4.13. The fraction of sp³-hybridized carbons (Fsp3) is 0.800. The van der Waals surface area contributed by atoms with Crippen LogP contribution in [-0.4, -0.2) is 20.8 Å². The maximum absolute atomic E-state index is 12.8. The maximum Gasteiger partial charge on any atom is 0.389 e. The summed E-state index contributed by atoms with van der Waals surface area (Å²) in [4.78, 5) is 0. The lowest BCUT2D eigenvalue weighted by Crippen LogP contribution is -2.21. The smallest absolute Gasteiger partial charge is 0.200 e. The molecule has 0 bridgehead atoms. The molecule has 0 aromatic carbocycles. The third kappa shape index (κ3) is 10.0. The summed E-state index contributed by atoms with van der Waals surface area (Å²) in [6.07, 6.45) is 3.05. The van der Waals surface area contributed by atoms with Gasteiger partial charge in [-0.25, -0.2) is 0 Å². The summed E-state index contributed by atoms with van der Waals surface area (Å²) in [5, 5.41) is 0. The standard InChI is InChI=1S/C10H18F2O3S/c1-3-4-5-6-7-8-9-10(11,12)15-16(2,13)14/h8-9H,3-7H2,1-2H3/b9-8+. The van der Waals surface area contributed by atoms with Gasteiger partial charge in [-0.3, -0.25) is 0 Å². The zero-order valence-corrected chi connectivity index (χ0v) is 10.4. The van der Waals surface area contributed by atoms with Crippen molar-refractivity contribution in [3.05, 3.63) is 12.2 Å². The van der Waals surface area contributed by atoms with E-state index in [0.29, 0.717) is 18.8 Å². The number of hydrogen-bond acceptors (Lipinski definition) is 3. The van der Waals surface area contributed by atoms with E-state index in [-0.39, 0.29) is 0 Å². The summed E-state index contributed by atoms with van der Waals surface area (Å²) in [5.41, 5.74) is 0. The van der Waals surface area contributed by atoms with Crippen molar-refractivity contribution in [1.82, 2.24) is 0 Å². The molecule has 0 spiro atoms. The summed E-state index contributed by atoms with van der Waals surface area (Å²) in [5.74, 6) is 0. The highest BCUT2D eigenvalue weighted by Gasteiger charge is 2.31. The third-order valence-corrected chi connectivity index (χ3v) is 2.32. The molecular weight excluding hydrogens is 238 g/mol. The van der Waals surface area contributed by atoms with Gasteiger partial charge in [0.15, 0.2) is 0 Å². The first-order valence-corrected chi connectivity index (χ1v) is 7.04. The van der Waals surface area contributed by atoms with Crippen LogP contribution >= 0.6 is 0 Å². The van der Waals surface area contributed by atoms with Crippen molar-refractivity contribution in [2.75, 3.05) is 6.26 Å². The quantitative estimate of drug-likeness (QED) is 0.381. The Bertz CT molecular complexity index is 310. The van der Waals surface area contributed by atoms with Gasteiger partial charge in [-0.05, 0) is 12.8 Å². The predicted molar refractivity (Wildman–Crippen MR) is 58.8 cm³/mol. The van der Waals surface area contributed by atoms with Gasteiger partial charge in [0, 0.05) is 6.08 Å². The lowest BCUT2D eigenvalue weighted by Gasteiger charge is -2.09. The van der Waals surface area contributed by atoms with E-state index < -0.39 is 16.2 Å². The lowest BCUT2D eigenvalue weighted by molar-refractivity contribution is -0.126. The van der Waals surface area contributed by atoms with Crippen LogP contribution in [0, 0.1) is 0 Å². The molecule has 3 nitrogen and oxygen atoms in total. The van der Waals surface area contributed by atoms with Crippen molar-refractivity contribution in [2.24, 2.45) is 0 Å². The van der Waals surface area contributed by atoms with Gasteiger partial charge in [0.1, 0.15) is 0 Å². The number of allylic oxidation sites excluding steroid dienone is 1. The molecule has 0 aliphatic carbocycles. The van der Waals surface area contributed by atoms with Gasteiger partial charge < -0.3 is 0 Å². The highest BCUT2D eigenvalue weighted by Crippen LogP contribution is 2.20. The lowest BCUT2D eigenvalue weighted by atomic mass is 10.1. The van der Waals surface area contributed by atoms with Gasteiger partial charge >= 0.3 is 6.11 Å². The predicted octanol–water partition coefficient (Wildman–Crippen LogP) is 3.08. The molecule has 0 fully saturated rings. The molecule has 0 atom stereocenters. The molecule has 6 heteroatoms. The Morgan fingerprint density at radius 3 is 2.38 bits per heavy atom. The normalized spacial score (nSPS) is 13.5. The average molecular weight is 256 g/mol. The van der Waals surface area contributed by atoms with Crippen LogP contribution in [0.25, 0.3) is 0 Å². The van der Waals surface area contributed by atoms with Gasteiger partial charge in [-0.2, -0.15) is 21.4 Å². The molecule has 0 aliphatic heterocycles. The maximum atomic E-state index is 12.8. The van der Waals surface area contributed by atoms with E-state index in [4.69, 9.17) is 0 Å². The summed E-state index contributed by atoms with van der Waals surface area (Å²) < 4.78 is 50.2. The van der Waals surface area contributed by atoms with Crippen LogP contribution in [0.15, 0.2) is 12.2 Å². The van der Waals surface area contributed by atoms with Crippen molar-refractivity contribution in [3.8, 4) is 0 Å². The van der Waals surface area contributed by atoms with Gasteiger partial charge in [0.05, 0.1) is 6.26 Å². The Kier molecular flexibility index (Phi) is 6.74. The largest absolute Gasteiger partial charge is 0.389 e. The third-order valence-electron chi connectivity index (χ3n) is 1.80. The number of halogens is 2. The van der Waals surface area contributed by atoms with Crippen molar-refractivity contribution < 1.29 is 21.4 Å². The van der Waals surface area contributed by atoms with Crippen LogP contribution in [-0.2, 0) is 14.3 Å². The molecule has 0 N–H and O–H groups in total. The average Bonchev–Trinajstić information content (AvgIpc) is 2.06. The van der Waals surface area contributed by atoms with Gasteiger partial charge in [-0.15, -0.1) is 0 Å². The second-order valence-corrected chi connectivity index (χ2v) is 5.18.